The molecule has 0 saturated heterocycles. The molecule has 1 aliphatic rings. The highest BCUT2D eigenvalue weighted by Gasteiger charge is 2.61. The lowest BCUT2D eigenvalue weighted by molar-refractivity contribution is -0.147. The summed E-state index contributed by atoms with van der Waals surface area (Å²) in [5.41, 5.74) is -2.04. The van der Waals surface area contributed by atoms with E-state index in [0.29, 0.717) is 0 Å². The first-order valence-corrected chi connectivity index (χ1v) is 7.64. The lowest BCUT2D eigenvalue weighted by atomic mass is 10.1. The molecule has 0 aliphatic heterocycles. The Morgan fingerprint density at radius 2 is 1.59 bits per heavy atom. The number of benzene rings is 1. The molecule has 1 saturated carbocycles. The number of carbonyl (C=O) groups excluding carboxylic acids is 1. The van der Waals surface area contributed by atoms with Crippen LogP contribution >= 0.6 is 0 Å². The Hall–Kier alpha value is -2.26. The third-order valence-electron chi connectivity index (χ3n) is 4.53. The van der Waals surface area contributed by atoms with Crippen molar-refractivity contribution < 1.29 is 45.0 Å². The lowest BCUT2D eigenvalue weighted by Crippen LogP contribution is -2.14. The van der Waals surface area contributed by atoms with Crippen LogP contribution in [-0.4, -0.2) is 19.3 Å². The molecule has 27 heavy (non-hydrogen) atoms. The van der Waals surface area contributed by atoms with E-state index in [4.69, 9.17) is 0 Å². The smallest absolute Gasteiger partial charge is 0.409 e. The third kappa shape index (κ3) is 4.03. The number of rotatable bonds is 5. The van der Waals surface area contributed by atoms with E-state index in [1.54, 1.807) is 0 Å². The quantitative estimate of drug-likeness (QED) is 0.312. The van der Waals surface area contributed by atoms with Crippen LogP contribution in [0.4, 0.5) is 30.7 Å². The van der Waals surface area contributed by atoms with Gasteiger partial charge in [0.2, 0.25) is 11.6 Å². The van der Waals surface area contributed by atoms with E-state index in [2.05, 4.69) is 9.47 Å². The number of carbonyl (C=O) groups is 1. The number of halogens is 7. The Kier molecular flexibility index (Phi) is 5.49. The van der Waals surface area contributed by atoms with E-state index in [0.717, 1.165) is 13.2 Å². The summed E-state index contributed by atoms with van der Waals surface area (Å²) in [7, 11) is 0.809. The normalized spacial score (nSPS) is 21.4. The van der Waals surface area contributed by atoms with Gasteiger partial charge in [0.1, 0.15) is 6.61 Å². The van der Waals surface area contributed by atoms with Crippen molar-refractivity contribution in [1.29, 1.82) is 0 Å². The second-order valence-corrected chi connectivity index (χ2v) is 6.60. The van der Waals surface area contributed by atoms with Crippen LogP contribution in [0.1, 0.15) is 19.4 Å². The van der Waals surface area contributed by atoms with Crippen LogP contribution in [0.2, 0.25) is 0 Å². The van der Waals surface area contributed by atoms with Gasteiger partial charge >= 0.3 is 12.1 Å². The maximum absolute atomic E-state index is 13.8. The summed E-state index contributed by atoms with van der Waals surface area (Å²) in [6, 6.07) is 0. The zero-order valence-corrected chi connectivity index (χ0v) is 14.4. The average molecular weight is 400 g/mol. The van der Waals surface area contributed by atoms with Gasteiger partial charge < -0.3 is 9.47 Å². The van der Waals surface area contributed by atoms with E-state index in [1.165, 1.54) is 13.8 Å². The first kappa shape index (κ1) is 21.0. The number of ether oxygens (including phenoxy) is 2. The van der Waals surface area contributed by atoms with Crippen LogP contribution in [0.3, 0.4) is 0 Å². The predicted octanol–water partition coefficient (Wildman–Crippen LogP) is 4.69. The first-order chi connectivity index (χ1) is 12.3. The zero-order chi connectivity index (χ0) is 20.7. The van der Waals surface area contributed by atoms with Crippen molar-refractivity contribution in [2.75, 3.05) is 7.11 Å². The van der Waals surface area contributed by atoms with Gasteiger partial charge in [0.15, 0.2) is 17.4 Å². The van der Waals surface area contributed by atoms with Gasteiger partial charge in [0, 0.05) is 6.08 Å². The van der Waals surface area contributed by atoms with Crippen LogP contribution < -0.4 is 4.74 Å². The summed E-state index contributed by atoms with van der Waals surface area (Å²) in [6.07, 6.45) is -3.77. The van der Waals surface area contributed by atoms with Gasteiger partial charge in [-0.15, -0.1) is 0 Å². The SMILES string of the molecule is COc1c(F)c(F)c(COC(=O)[C@@H]2C(C=CC(F)(F)F)C2(C)C)c(F)c1F. The summed E-state index contributed by atoms with van der Waals surface area (Å²) in [5, 5.41) is 0. The number of methoxy groups -OCH3 is 1. The summed E-state index contributed by atoms with van der Waals surface area (Å²) in [6.45, 7) is 1.90. The van der Waals surface area contributed by atoms with Crippen LogP contribution in [0.15, 0.2) is 12.2 Å². The Bertz CT molecular complexity index is 755. The molecule has 0 bridgehead atoms. The number of hydrogen-bond acceptors (Lipinski definition) is 3. The highest BCUT2D eigenvalue weighted by Crippen LogP contribution is 2.59. The number of allylic oxidation sites excluding steroid dienone is 2. The molecule has 0 radical (unpaired) electrons. The molecule has 1 aromatic rings. The molecular weight excluding hydrogens is 385 g/mol. The van der Waals surface area contributed by atoms with E-state index < -0.39 is 70.6 Å². The Balaban J connectivity index is 2.14. The molecule has 2 atom stereocenters. The molecular formula is C17H15F7O3. The van der Waals surface area contributed by atoms with Crippen LogP contribution in [0.5, 0.6) is 5.75 Å². The molecule has 0 spiro atoms. The second-order valence-electron chi connectivity index (χ2n) is 6.60. The molecule has 0 heterocycles. The molecule has 10 heteroatoms. The minimum atomic E-state index is -4.56. The fourth-order valence-corrected chi connectivity index (χ4v) is 2.90. The van der Waals surface area contributed by atoms with Crippen LogP contribution in [0.25, 0.3) is 0 Å². The zero-order valence-electron chi connectivity index (χ0n) is 14.4. The minimum Gasteiger partial charge on any atom is -0.491 e. The van der Waals surface area contributed by atoms with Crippen molar-refractivity contribution in [3.63, 3.8) is 0 Å². The third-order valence-corrected chi connectivity index (χ3v) is 4.53. The van der Waals surface area contributed by atoms with E-state index >= 15 is 0 Å². The molecule has 1 aliphatic carbocycles. The van der Waals surface area contributed by atoms with Crippen molar-refractivity contribution in [1.82, 2.24) is 0 Å². The molecule has 2 rings (SSSR count). The second kappa shape index (κ2) is 7.05. The maximum atomic E-state index is 13.8. The van der Waals surface area contributed by atoms with Gasteiger partial charge in [0.25, 0.3) is 0 Å². The van der Waals surface area contributed by atoms with E-state index in [9.17, 15) is 35.5 Å². The molecule has 1 aromatic carbocycles. The lowest BCUT2D eigenvalue weighted by Gasteiger charge is -2.11. The fourth-order valence-electron chi connectivity index (χ4n) is 2.90. The molecule has 1 unspecified atom stereocenters. The van der Waals surface area contributed by atoms with Crippen molar-refractivity contribution in [2.45, 2.75) is 26.6 Å². The van der Waals surface area contributed by atoms with Crippen LogP contribution in [-0.2, 0) is 16.1 Å². The molecule has 0 N–H and O–H groups in total. The van der Waals surface area contributed by atoms with Crippen molar-refractivity contribution in [3.05, 3.63) is 41.0 Å². The molecule has 150 valence electrons. The average Bonchev–Trinajstić information content (AvgIpc) is 3.12. The standard InChI is InChI=1S/C17H15F7O3/c1-16(2)8(4-5-17(22,23)24)9(16)15(25)27-6-7-10(18)12(20)14(26-3)13(21)11(7)19/h4-5,8-9H,6H2,1-3H3/t8?,9-/m0/s1. The van der Waals surface area contributed by atoms with Gasteiger partial charge in [-0.3, -0.25) is 4.79 Å². The summed E-state index contributed by atoms with van der Waals surface area (Å²) in [5.74, 6) is -11.3. The van der Waals surface area contributed by atoms with Gasteiger partial charge in [-0.1, -0.05) is 19.9 Å². The van der Waals surface area contributed by atoms with Gasteiger partial charge in [0.05, 0.1) is 18.6 Å². The Morgan fingerprint density at radius 3 is 2.04 bits per heavy atom. The number of hydrogen-bond donors (Lipinski definition) is 0. The summed E-state index contributed by atoms with van der Waals surface area (Å²) < 4.78 is 101. The van der Waals surface area contributed by atoms with Gasteiger partial charge in [-0.25, -0.2) is 8.78 Å². The molecule has 1 fully saturated rings. The van der Waals surface area contributed by atoms with Crippen molar-refractivity contribution in [2.24, 2.45) is 17.3 Å². The van der Waals surface area contributed by atoms with Crippen molar-refractivity contribution in [3.8, 4) is 5.75 Å². The number of esters is 1. The van der Waals surface area contributed by atoms with E-state index in [-0.39, 0.29) is 6.08 Å². The van der Waals surface area contributed by atoms with Crippen molar-refractivity contribution >= 4 is 5.97 Å². The first-order valence-electron chi connectivity index (χ1n) is 7.64. The topological polar surface area (TPSA) is 35.5 Å². The van der Waals surface area contributed by atoms with E-state index in [1.807, 2.05) is 0 Å². The maximum Gasteiger partial charge on any atom is 0.409 e. The van der Waals surface area contributed by atoms with Gasteiger partial charge in [-0.2, -0.15) is 22.0 Å². The molecule has 0 amide bonds. The summed E-state index contributed by atoms with van der Waals surface area (Å²) in [4.78, 5) is 12.1. The number of alkyl halides is 3. The monoisotopic (exact) mass is 400 g/mol. The minimum absolute atomic E-state index is 0.0136. The van der Waals surface area contributed by atoms with Gasteiger partial charge in [-0.05, 0) is 11.3 Å². The molecule has 0 aromatic heterocycles. The largest absolute Gasteiger partial charge is 0.491 e. The Labute approximate surface area is 149 Å². The predicted molar refractivity (Wildman–Crippen MR) is 78.6 cm³/mol. The molecule has 3 nitrogen and oxygen atoms in total. The highest BCUT2D eigenvalue weighted by atomic mass is 19.4. The van der Waals surface area contributed by atoms with Crippen LogP contribution in [0, 0.1) is 40.5 Å². The summed E-state index contributed by atoms with van der Waals surface area (Å²) >= 11 is 0. The Morgan fingerprint density at radius 1 is 1.07 bits per heavy atom. The fraction of sp³-hybridized carbons (Fsp3) is 0.471. The highest BCUT2D eigenvalue weighted by molar-refractivity contribution is 5.78.